The Bertz CT molecular complexity index is 975. The number of hydrogen-bond donors (Lipinski definition) is 1. The Hall–Kier alpha value is -1.98. The molecular weight excluding hydrogens is 378 g/mol. The van der Waals surface area contributed by atoms with Crippen LogP contribution in [0.3, 0.4) is 0 Å². The summed E-state index contributed by atoms with van der Waals surface area (Å²) in [5.41, 5.74) is 0. The fourth-order valence-electron chi connectivity index (χ4n) is 2.73. The molecule has 3 rings (SSSR count). The van der Waals surface area contributed by atoms with Crippen molar-refractivity contribution in [3.63, 3.8) is 0 Å². The van der Waals surface area contributed by atoms with Gasteiger partial charge in [-0.1, -0.05) is 6.92 Å². The molecule has 1 aromatic heterocycles. The average Bonchev–Trinajstić information content (AvgIpc) is 2.99. The Morgan fingerprint density at radius 2 is 1.62 bits per heavy atom. The molecule has 1 aliphatic rings. The first-order valence-electron chi connectivity index (χ1n) is 8.17. The minimum atomic E-state index is -3.88. The molecule has 0 atom stereocenters. The van der Waals surface area contributed by atoms with Crippen molar-refractivity contribution in [1.29, 1.82) is 0 Å². The van der Waals surface area contributed by atoms with Gasteiger partial charge in [0, 0.05) is 20.1 Å². The molecule has 1 saturated heterocycles. The highest BCUT2D eigenvalue weighted by molar-refractivity contribution is 7.92. The van der Waals surface area contributed by atoms with Crippen LogP contribution in [0.15, 0.2) is 40.4 Å². The van der Waals surface area contributed by atoms with Crippen LogP contribution in [0, 0.1) is 5.92 Å². The standard InChI is InChI=1S/C15H21N5O4S2/c1-12-7-9-20(10-8-12)26(23,24)14-5-3-13(4-6-14)25(21,22)18-15-16-11-17-19(15)2/h3-6,11-12H,7-10H2,1-2H3,(H,16,17,18). The van der Waals surface area contributed by atoms with Crippen LogP contribution in [0.25, 0.3) is 0 Å². The summed E-state index contributed by atoms with van der Waals surface area (Å²) in [7, 11) is -5.94. The van der Waals surface area contributed by atoms with Crippen molar-refractivity contribution in [2.45, 2.75) is 29.6 Å². The molecule has 0 aliphatic carbocycles. The van der Waals surface area contributed by atoms with E-state index >= 15 is 0 Å². The molecule has 1 N–H and O–H groups in total. The third kappa shape index (κ3) is 3.74. The van der Waals surface area contributed by atoms with Gasteiger partial charge < -0.3 is 0 Å². The van der Waals surface area contributed by atoms with Crippen LogP contribution in [0.1, 0.15) is 19.8 Å². The molecule has 11 heteroatoms. The maximum Gasteiger partial charge on any atom is 0.264 e. The largest absolute Gasteiger partial charge is 0.264 e. The van der Waals surface area contributed by atoms with Crippen LogP contribution in [-0.4, -0.2) is 49.0 Å². The van der Waals surface area contributed by atoms with Crippen molar-refractivity contribution in [3.05, 3.63) is 30.6 Å². The predicted octanol–water partition coefficient (Wildman–Crippen LogP) is 1.04. The van der Waals surface area contributed by atoms with Crippen LogP contribution in [0.5, 0.6) is 0 Å². The molecule has 0 unspecified atom stereocenters. The molecule has 9 nitrogen and oxygen atoms in total. The quantitative estimate of drug-likeness (QED) is 0.803. The summed E-state index contributed by atoms with van der Waals surface area (Å²) in [6, 6.07) is 5.19. The number of rotatable bonds is 5. The summed E-state index contributed by atoms with van der Waals surface area (Å²) in [4.78, 5) is 3.85. The van der Waals surface area contributed by atoms with E-state index in [-0.39, 0.29) is 15.7 Å². The Morgan fingerprint density at radius 3 is 2.15 bits per heavy atom. The highest BCUT2D eigenvalue weighted by Crippen LogP contribution is 2.24. The Labute approximate surface area is 153 Å². The van der Waals surface area contributed by atoms with E-state index in [1.54, 1.807) is 7.05 Å². The SMILES string of the molecule is CC1CCN(S(=O)(=O)c2ccc(S(=O)(=O)Nc3ncnn3C)cc2)CC1. The van der Waals surface area contributed by atoms with Crippen molar-refractivity contribution >= 4 is 26.0 Å². The lowest BCUT2D eigenvalue weighted by molar-refractivity contribution is 0.288. The van der Waals surface area contributed by atoms with Crippen molar-refractivity contribution in [1.82, 2.24) is 19.1 Å². The molecular formula is C15H21N5O4S2. The molecule has 2 heterocycles. The number of nitrogens with zero attached hydrogens (tertiary/aromatic N) is 4. The summed E-state index contributed by atoms with van der Waals surface area (Å²) >= 11 is 0. The van der Waals surface area contributed by atoms with Gasteiger partial charge in [-0.15, -0.1) is 0 Å². The topological polar surface area (TPSA) is 114 Å². The van der Waals surface area contributed by atoms with Crippen LogP contribution in [-0.2, 0) is 27.1 Å². The van der Waals surface area contributed by atoms with Crippen LogP contribution in [0.2, 0.25) is 0 Å². The lowest BCUT2D eigenvalue weighted by atomic mass is 10.0. The number of benzene rings is 1. The number of aryl methyl sites for hydroxylation is 1. The monoisotopic (exact) mass is 399 g/mol. The number of nitrogens with one attached hydrogen (secondary N) is 1. The summed E-state index contributed by atoms with van der Waals surface area (Å²) in [6.45, 7) is 3.07. The van der Waals surface area contributed by atoms with E-state index in [2.05, 4.69) is 21.7 Å². The Kier molecular flexibility index (Phi) is 5.04. The molecule has 1 aliphatic heterocycles. The van der Waals surface area contributed by atoms with Crippen molar-refractivity contribution in [2.24, 2.45) is 13.0 Å². The number of hydrogen-bond acceptors (Lipinski definition) is 6. The molecule has 0 spiro atoms. The maximum absolute atomic E-state index is 12.7. The first kappa shape index (κ1) is 18.8. The zero-order valence-corrected chi connectivity index (χ0v) is 16.2. The summed E-state index contributed by atoms with van der Waals surface area (Å²) < 4.78 is 55.2. The van der Waals surface area contributed by atoms with E-state index in [0.29, 0.717) is 19.0 Å². The average molecular weight is 399 g/mol. The molecule has 0 amide bonds. The van der Waals surface area contributed by atoms with Gasteiger partial charge in [0.2, 0.25) is 16.0 Å². The van der Waals surface area contributed by atoms with Gasteiger partial charge in [0.05, 0.1) is 9.79 Å². The number of sulfonamides is 2. The van der Waals surface area contributed by atoms with Crippen molar-refractivity contribution in [2.75, 3.05) is 17.8 Å². The third-order valence-corrected chi connectivity index (χ3v) is 7.71. The van der Waals surface area contributed by atoms with Crippen LogP contribution in [0.4, 0.5) is 5.95 Å². The van der Waals surface area contributed by atoms with E-state index in [1.165, 1.54) is 39.6 Å². The van der Waals surface area contributed by atoms with Gasteiger partial charge in [0.15, 0.2) is 0 Å². The second-order valence-corrected chi connectivity index (χ2v) is 9.99. The van der Waals surface area contributed by atoms with E-state index in [4.69, 9.17) is 0 Å². The number of piperidine rings is 1. The van der Waals surface area contributed by atoms with E-state index in [9.17, 15) is 16.8 Å². The fourth-order valence-corrected chi connectivity index (χ4v) is 5.24. The predicted molar refractivity (Wildman–Crippen MR) is 95.4 cm³/mol. The highest BCUT2D eigenvalue weighted by atomic mass is 32.2. The fraction of sp³-hybridized carbons (Fsp3) is 0.467. The molecule has 0 radical (unpaired) electrons. The first-order chi connectivity index (χ1) is 12.2. The minimum Gasteiger partial charge on any atom is -0.247 e. The third-order valence-electron chi connectivity index (χ3n) is 4.45. The summed E-state index contributed by atoms with van der Waals surface area (Å²) in [5, 5.41) is 3.79. The van der Waals surface area contributed by atoms with Gasteiger partial charge in [0.25, 0.3) is 10.0 Å². The van der Waals surface area contributed by atoms with Crippen molar-refractivity contribution in [3.8, 4) is 0 Å². The van der Waals surface area contributed by atoms with Crippen LogP contribution >= 0.6 is 0 Å². The van der Waals surface area contributed by atoms with E-state index < -0.39 is 20.0 Å². The maximum atomic E-state index is 12.7. The lowest BCUT2D eigenvalue weighted by Crippen LogP contribution is -2.37. The molecule has 0 saturated carbocycles. The minimum absolute atomic E-state index is 0.0493. The summed E-state index contributed by atoms with van der Waals surface area (Å²) in [6.07, 6.45) is 2.88. The number of anilines is 1. The summed E-state index contributed by atoms with van der Waals surface area (Å²) in [5.74, 6) is 0.588. The van der Waals surface area contributed by atoms with E-state index in [0.717, 1.165) is 12.8 Å². The molecule has 0 bridgehead atoms. The van der Waals surface area contributed by atoms with Gasteiger partial charge in [-0.2, -0.15) is 14.4 Å². The zero-order chi connectivity index (χ0) is 18.9. The van der Waals surface area contributed by atoms with E-state index in [1.807, 2.05) is 0 Å². The zero-order valence-electron chi connectivity index (χ0n) is 14.5. The van der Waals surface area contributed by atoms with Gasteiger partial charge in [-0.05, 0) is 43.0 Å². The highest BCUT2D eigenvalue weighted by Gasteiger charge is 2.28. The van der Waals surface area contributed by atoms with Gasteiger partial charge in [0.1, 0.15) is 6.33 Å². The molecule has 1 aromatic carbocycles. The second kappa shape index (κ2) is 6.97. The lowest BCUT2D eigenvalue weighted by Gasteiger charge is -2.29. The van der Waals surface area contributed by atoms with Gasteiger partial charge in [-0.25, -0.2) is 26.2 Å². The van der Waals surface area contributed by atoms with Crippen LogP contribution < -0.4 is 4.72 Å². The molecule has 26 heavy (non-hydrogen) atoms. The van der Waals surface area contributed by atoms with Gasteiger partial charge >= 0.3 is 0 Å². The molecule has 1 fully saturated rings. The first-order valence-corrected chi connectivity index (χ1v) is 11.1. The smallest absolute Gasteiger partial charge is 0.247 e. The Balaban J connectivity index is 1.80. The normalized spacial score (nSPS) is 17.3. The van der Waals surface area contributed by atoms with Gasteiger partial charge in [-0.3, -0.25) is 0 Å². The Morgan fingerprint density at radius 1 is 1.04 bits per heavy atom. The molecule has 2 aromatic rings. The molecule has 142 valence electrons. The van der Waals surface area contributed by atoms with Crippen molar-refractivity contribution < 1.29 is 16.8 Å². The second-order valence-electron chi connectivity index (χ2n) is 6.37. The number of aromatic nitrogens is 3.